The van der Waals surface area contributed by atoms with E-state index in [0.29, 0.717) is 41.1 Å². The lowest BCUT2D eigenvalue weighted by molar-refractivity contribution is 0.102. The van der Waals surface area contributed by atoms with E-state index in [1.54, 1.807) is 17.5 Å². The van der Waals surface area contributed by atoms with Gasteiger partial charge in [0, 0.05) is 23.4 Å². The van der Waals surface area contributed by atoms with Crippen molar-refractivity contribution in [3.63, 3.8) is 0 Å². The number of aromatic nitrogens is 4. The number of hydrogen-bond acceptors (Lipinski definition) is 6. The normalized spacial score (nSPS) is 13.4. The zero-order valence-electron chi connectivity index (χ0n) is 19.3. The molecule has 1 amide bonds. The Bertz CT molecular complexity index is 1250. The van der Waals surface area contributed by atoms with E-state index in [9.17, 15) is 9.90 Å². The Balaban J connectivity index is 1.58. The van der Waals surface area contributed by atoms with Crippen LogP contribution in [0.1, 0.15) is 61.5 Å². The lowest BCUT2D eigenvalue weighted by Crippen LogP contribution is -2.15. The van der Waals surface area contributed by atoms with E-state index in [0.717, 1.165) is 17.5 Å². The van der Waals surface area contributed by atoms with Crippen molar-refractivity contribution >= 4 is 17.2 Å². The molecule has 0 saturated carbocycles. The van der Waals surface area contributed by atoms with Crippen molar-refractivity contribution < 1.29 is 14.4 Å². The third-order valence-electron chi connectivity index (χ3n) is 5.57. The molecule has 0 aliphatic rings. The number of aliphatic hydroxyl groups is 1. The zero-order valence-corrected chi connectivity index (χ0v) is 19.3. The number of fused-ring (bicyclic) bond motifs is 1. The van der Waals surface area contributed by atoms with Crippen molar-refractivity contribution in [3.8, 4) is 11.4 Å². The first kappa shape index (κ1) is 22.7. The third kappa shape index (κ3) is 5.12. The van der Waals surface area contributed by atoms with Crippen molar-refractivity contribution in [2.24, 2.45) is 5.92 Å². The number of pyridine rings is 1. The maximum atomic E-state index is 12.9. The first-order valence-electron chi connectivity index (χ1n) is 11.2. The predicted octanol–water partition coefficient (Wildman–Crippen LogP) is 4.85. The number of hydrogen-bond donors (Lipinski definition) is 2. The van der Waals surface area contributed by atoms with Crippen LogP contribution in [0.25, 0.3) is 17.0 Å². The molecule has 0 spiro atoms. The first-order chi connectivity index (χ1) is 15.8. The largest absolute Gasteiger partial charge is 0.393 e. The van der Waals surface area contributed by atoms with Gasteiger partial charge in [-0.15, -0.1) is 0 Å². The van der Waals surface area contributed by atoms with Gasteiger partial charge in [0.25, 0.3) is 5.91 Å². The van der Waals surface area contributed by atoms with Gasteiger partial charge in [0.2, 0.25) is 11.7 Å². The number of imidazole rings is 1. The Kier molecular flexibility index (Phi) is 6.55. The SMILES string of the molecule is Cc1ccc(-c2noc(C(CC(C)C)C[C@H](C)O)n2)cc1NC(=O)c1cnc2ccccn12. The number of nitrogens with zero attached hydrogens (tertiary/aromatic N) is 4. The topological polar surface area (TPSA) is 106 Å². The summed E-state index contributed by atoms with van der Waals surface area (Å²) in [7, 11) is 0. The highest BCUT2D eigenvalue weighted by molar-refractivity contribution is 6.04. The Labute approximate surface area is 192 Å². The molecule has 0 aliphatic carbocycles. The van der Waals surface area contributed by atoms with Crippen LogP contribution in [0.4, 0.5) is 5.69 Å². The maximum absolute atomic E-state index is 12.9. The van der Waals surface area contributed by atoms with Gasteiger partial charge in [-0.05, 0) is 56.4 Å². The molecule has 0 saturated heterocycles. The van der Waals surface area contributed by atoms with E-state index in [2.05, 4.69) is 34.3 Å². The van der Waals surface area contributed by atoms with Crippen LogP contribution < -0.4 is 5.32 Å². The third-order valence-corrected chi connectivity index (χ3v) is 5.57. The van der Waals surface area contributed by atoms with Gasteiger partial charge in [-0.25, -0.2) is 4.98 Å². The molecule has 1 unspecified atom stereocenters. The van der Waals surface area contributed by atoms with Crippen LogP contribution >= 0.6 is 0 Å². The summed E-state index contributed by atoms with van der Waals surface area (Å²) in [6, 6.07) is 11.2. The molecule has 172 valence electrons. The van der Waals surface area contributed by atoms with Gasteiger partial charge in [-0.3, -0.25) is 9.20 Å². The van der Waals surface area contributed by atoms with E-state index < -0.39 is 6.10 Å². The number of rotatable bonds is 8. The summed E-state index contributed by atoms with van der Waals surface area (Å²) in [4.78, 5) is 21.8. The van der Waals surface area contributed by atoms with Gasteiger partial charge in [0.05, 0.1) is 12.3 Å². The molecule has 1 aromatic carbocycles. The number of amides is 1. The second kappa shape index (κ2) is 9.54. The van der Waals surface area contributed by atoms with Crippen molar-refractivity contribution in [1.82, 2.24) is 19.5 Å². The van der Waals surface area contributed by atoms with Gasteiger partial charge in [0.1, 0.15) is 11.3 Å². The summed E-state index contributed by atoms with van der Waals surface area (Å²) < 4.78 is 7.32. The zero-order chi connectivity index (χ0) is 23.5. The van der Waals surface area contributed by atoms with E-state index in [4.69, 9.17) is 4.52 Å². The number of carbonyl (C=O) groups excluding carboxylic acids is 1. The summed E-state index contributed by atoms with van der Waals surface area (Å²) in [5.74, 6) is 1.15. The minimum Gasteiger partial charge on any atom is -0.393 e. The molecule has 3 heterocycles. The Hall–Kier alpha value is -3.52. The fraction of sp³-hybridized carbons (Fsp3) is 0.360. The molecule has 4 aromatic rings. The number of aliphatic hydroxyl groups excluding tert-OH is 1. The van der Waals surface area contributed by atoms with Crippen LogP contribution in [-0.2, 0) is 0 Å². The fourth-order valence-electron chi connectivity index (χ4n) is 3.98. The van der Waals surface area contributed by atoms with E-state index in [-0.39, 0.29) is 11.8 Å². The van der Waals surface area contributed by atoms with Crippen molar-refractivity contribution in [2.75, 3.05) is 5.32 Å². The molecule has 0 bridgehead atoms. The monoisotopic (exact) mass is 447 g/mol. The molecule has 8 heteroatoms. The molecular formula is C25H29N5O3. The number of anilines is 1. The highest BCUT2D eigenvalue weighted by atomic mass is 16.5. The lowest BCUT2D eigenvalue weighted by Gasteiger charge is -2.16. The summed E-state index contributed by atoms with van der Waals surface area (Å²) in [5, 5.41) is 17.0. The summed E-state index contributed by atoms with van der Waals surface area (Å²) in [6.07, 6.45) is 4.33. The fourth-order valence-corrected chi connectivity index (χ4v) is 3.98. The number of carbonyl (C=O) groups is 1. The van der Waals surface area contributed by atoms with E-state index in [1.165, 1.54) is 0 Å². The average Bonchev–Trinajstić information content (AvgIpc) is 3.42. The number of nitrogens with one attached hydrogen (secondary N) is 1. The lowest BCUT2D eigenvalue weighted by atomic mass is 9.92. The molecule has 0 radical (unpaired) electrons. The van der Waals surface area contributed by atoms with Crippen LogP contribution in [-0.4, -0.2) is 36.6 Å². The molecule has 2 atom stereocenters. The van der Waals surface area contributed by atoms with Crippen molar-refractivity contribution in [2.45, 2.75) is 52.6 Å². The molecule has 4 rings (SSSR count). The second-order valence-corrected chi connectivity index (χ2v) is 8.92. The Morgan fingerprint density at radius 3 is 2.76 bits per heavy atom. The van der Waals surface area contributed by atoms with Crippen molar-refractivity contribution in [1.29, 1.82) is 0 Å². The molecule has 33 heavy (non-hydrogen) atoms. The molecular weight excluding hydrogens is 418 g/mol. The summed E-state index contributed by atoms with van der Waals surface area (Å²) in [5.41, 5.74) is 3.48. The molecule has 0 aliphatic heterocycles. The molecule has 8 nitrogen and oxygen atoms in total. The highest BCUT2D eigenvalue weighted by Crippen LogP contribution is 2.30. The maximum Gasteiger partial charge on any atom is 0.274 e. The summed E-state index contributed by atoms with van der Waals surface area (Å²) >= 11 is 0. The molecule has 3 aromatic heterocycles. The standard InChI is InChI=1S/C25H29N5O3/c1-15(2)11-19(12-17(4)31)25-28-23(29-33-25)18-9-8-16(3)20(13-18)27-24(32)21-14-26-22-7-5-6-10-30(21)22/h5-10,13-15,17,19,31H,11-12H2,1-4H3,(H,27,32)/t17-,19?/m0/s1. The Morgan fingerprint density at radius 2 is 2.00 bits per heavy atom. The van der Waals surface area contributed by atoms with Gasteiger partial charge < -0.3 is 14.9 Å². The first-order valence-corrected chi connectivity index (χ1v) is 11.2. The van der Waals surface area contributed by atoms with Crippen LogP contribution in [0.15, 0.2) is 53.3 Å². The van der Waals surface area contributed by atoms with E-state index in [1.807, 2.05) is 49.5 Å². The molecule has 2 N–H and O–H groups in total. The number of aryl methyl sites for hydroxylation is 1. The van der Waals surface area contributed by atoms with Gasteiger partial charge in [-0.2, -0.15) is 4.98 Å². The van der Waals surface area contributed by atoms with Crippen molar-refractivity contribution in [3.05, 3.63) is 65.9 Å². The smallest absolute Gasteiger partial charge is 0.274 e. The van der Waals surface area contributed by atoms with Crippen LogP contribution in [0.2, 0.25) is 0 Å². The van der Waals surface area contributed by atoms with Gasteiger partial charge >= 0.3 is 0 Å². The number of benzene rings is 1. The van der Waals surface area contributed by atoms with Crippen LogP contribution in [0.5, 0.6) is 0 Å². The van der Waals surface area contributed by atoms with Crippen LogP contribution in [0, 0.1) is 12.8 Å². The highest BCUT2D eigenvalue weighted by Gasteiger charge is 2.23. The average molecular weight is 448 g/mol. The second-order valence-electron chi connectivity index (χ2n) is 8.92. The quantitative estimate of drug-likeness (QED) is 0.400. The Morgan fingerprint density at radius 1 is 1.18 bits per heavy atom. The predicted molar refractivity (Wildman–Crippen MR) is 126 cm³/mol. The van der Waals surface area contributed by atoms with Gasteiger partial charge in [-0.1, -0.05) is 37.2 Å². The minimum atomic E-state index is -0.454. The van der Waals surface area contributed by atoms with Gasteiger partial charge in [0.15, 0.2) is 0 Å². The molecule has 0 fully saturated rings. The minimum absolute atomic E-state index is 0.00832. The summed E-state index contributed by atoms with van der Waals surface area (Å²) in [6.45, 7) is 7.95. The van der Waals surface area contributed by atoms with Crippen LogP contribution in [0.3, 0.4) is 0 Å². The van der Waals surface area contributed by atoms with E-state index >= 15 is 0 Å².